The number of hydrogen-bond acceptors (Lipinski definition) is 1. The van der Waals surface area contributed by atoms with Crippen LogP contribution in [0.15, 0.2) is 24.3 Å². The van der Waals surface area contributed by atoms with Gasteiger partial charge in [0.25, 0.3) is 0 Å². The molecule has 0 amide bonds. The first-order valence-corrected chi connectivity index (χ1v) is 4.79. The lowest BCUT2D eigenvalue weighted by atomic mass is 9.88. The van der Waals surface area contributed by atoms with Crippen molar-refractivity contribution in [1.29, 1.82) is 0 Å². The van der Waals surface area contributed by atoms with Gasteiger partial charge in [-0.3, -0.25) is 0 Å². The molecule has 0 unspecified atom stereocenters. The van der Waals surface area contributed by atoms with Crippen LogP contribution in [0.4, 0.5) is 0 Å². The molecule has 1 rings (SSSR count). The van der Waals surface area contributed by atoms with Crippen molar-refractivity contribution in [2.75, 3.05) is 0 Å². The average molecular weight is 177 g/mol. The van der Waals surface area contributed by atoms with Gasteiger partial charge in [0.15, 0.2) is 0 Å². The zero-order valence-electron chi connectivity index (χ0n) is 8.80. The van der Waals surface area contributed by atoms with E-state index in [9.17, 15) is 0 Å². The van der Waals surface area contributed by atoms with Crippen LogP contribution in [0.2, 0.25) is 0 Å². The van der Waals surface area contributed by atoms with E-state index in [0.717, 1.165) is 6.42 Å². The van der Waals surface area contributed by atoms with Crippen molar-refractivity contribution in [2.24, 2.45) is 11.1 Å². The second-order valence-corrected chi connectivity index (χ2v) is 4.76. The van der Waals surface area contributed by atoms with Gasteiger partial charge in [-0.05, 0) is 23.0 Å². The van der Waals surface area contributed by atoms with Gasteiger partial charge in [-0.2, -0.15) is 0 Å². The third-order valence-electron chi connectivity index (χ3n) is 1.96. The minimum Gasteiger partial charge on any atom is -0.326 e. The van der Waals surface area contributed by atoms with Crippen molar-refractivity contribution in [3.05, 3.63) is 35.4 Å². The van der Waals surface area contributed by atoms with Crippen LogP contribution in [-0.2, 0) is 13.0 Å². The van der Waals surface area contributed by atoms with Crippen molar-refractivity contribution >= 4 is 0 Å². The van der Waals surface area contributed by atoms with E-state index in [1.54, 1.807) is 0 Å². The Kier molecular flexibility index (Phi) is 3.10. The molecule has 1 heteroatoms. The van der Waals surface area contributed by atoms with Gasteiger partial charge in [0, 0.05) is 6.54 Å². The molecule has 0 saturated carbocycles. The quantitative estimate of drug-likeness (QED) is 0.738. The van der Waals surface area contributed by atoms with Gasteiger partial charge in [0.2, 0.25) is 0 Å². The smallest absolute Gasteiger partial charge is 0.0178 e. The van der Waals surface area contributed by atoms with Crippen LogP contribution in [0, 0.1) is 5.41 Å². The summed E-state index contributed by atoms with van der Waals surface area (Å²) in [6.07, 6.45) is 1.11. The third kappa shape index (κ3) is 3.60. The summed E-state index contributed by atoms with van der Waals surface area (Å²) in [5, 5.41) is 0. The summed E-state index contributed by atoms with van der Waals surface area (Å²) in [4.78, 5) is 0. The molecule has 2 N–H and O–H groups in total. The van der Waals surface area contributed by atoms with E-state index in [1.165, 1.54) is 11.1 Å². The largest absolute Gasteiger partial charge is 0.326 e. The van der Waals surface area contributed by atoms with E-state index >= 15 is 0 Å². The molecule has 0 aliphatic rings. The Morgan fingerprint density at radius 3 is 2.31 bits per heavy atom. The van der Waals surface area contributed by atoms with Crippen LogP contribution in [-0.4, -0.2) is 0 Å². The predicted octanol–water partition coefficient (Wildman–Crippen LogP) is 2.73. The molecule has 1 aromatic rings. The number of rotatable bonds is 2. The van der Waals surface area contributed by atoms with E-state index in [1.807, 2.05) is 0 Å². The predicted molar refractivity (Wildman–Crippen MR) is 57.5 cm³/mol. The number of nitrogens with two attached hydrogens (primary N) is 1. The van der Waals surface area contributed by atoms with Gasteiger partial charge in [0.05, 0.1) is 0 Å². The fourth-order valence-corrected chi connectivity index (χ4v) is 1.48. The van der Waals surface area contributed by atoms with Crippen molar-refractivity contribution in [1.82, 2.24) is 0 Å². The molecule has 0 bridgehead atoms. The van der Waals surface area contributed by atoms with E-state index in [0.29, 0.717) is 12.0 Å². The first kappa shape index (κ1) is 10.3. The second kappa shape index (κ2) is 3.93. The average Bonchev–Trinajstić information content (AvgIpc) is 2.01. The maximum atomic E-state index is 5.58. The summed E-state index contributed by atoms with van der Waals surface area (Å²) in [5.74, 6) is 0. The Hall–Kier alpha value is -0.820. The topological polar surface area (TPSA) is 26.0 Å². The number of hydrogen-bond donors (Lipinski definition) is 1. The SMILES string of the molecule is CC(C)(C)Cc1cccc(CN)c1. The molecular formula is C12H19N. The maximum absolute atomic E-state index is 5.58. The highest BCUT2D eigenvalue weighted by atomic mass is 14.5. The molecule has 13 heavy (non-hydrogen) atoms. The Morgan fingerprint density at radius 1 is 1.15 bits per heavy atom. The lowest BCUT2D eigenvalue weighted by Gasteiger charge is -2.18. The van der Waals surface area contributed by atoms with Crippen LogP contribution in [0.1, 0.15) is 31.9 Å². The standard InChI is InChI=1S/C12H19N/c1-12(2,3)8-10-5-4-6-11(7-10)9-13/h4-7H,8-9,13H2,1-3H3. The molecule has 1 aromatic carbocycles. The van der Waals surface area contributed by atoms with E-state index < -0.39 is 0 Å². The first-order valence-electron chi connectivity index (χ1n) is 4.79. The molecule has 0 aromatic heterocycles. The minimum atomic E-state index is 0.354. The summed E-state index contributed by atoms with van der Waals surface area (Å²) in [6, 6.07) is 8.53. The third-order valence-corrected chi connectivity index (χ3v) is 1.96. The highest BCUT2D eigenvalue weighted by molar-refractivity contribution is 5.24. The normalized spacial score (nSPS) is 11.7. The van der Waals surface area contributed by atoms with Crippen molar-refractivity contribution < 1.29 is 0 Å². The van der Waals surface area contributed by atoms with Crippen LogP contribution in [0.3, 0.4) is 0 Å². The van der Waals surface area contributed by atoms with E-state index in [-0.39, 0.29) is 0 Å². The monoisotopic (exact) mass is 177 g/mol. The molecule has 0 aliphatic carbocycles. The molecular weight excluding hydrogens is 158 g/mol. The Labute approximate surface area is 81.0 Å². The molecule has 0 fully saturated rings. The lowest BCUT2D eigenvalue weighted by molar-refractivity contribution is 0.411. The van der Waals surface area contributed by atoms with Gasteiger partial charge in [-0.25, -0.2) is 0 Å². The van der Waals surface area contributed by atoms with Gasteiger partial charge in [0.1, 0.15) is 0 Å². The molecule has 0 heterocycles. The van der Waals surface area contributed by atoms with Gasteiger partial charge >= 0.3 is 0 Å². The van der Waals surface area contributed by atoms with Gasteiger partial charge in [-0.15, -0.1) is 0 Å². The minimum absolute atomic E-state index is 0.354. The summed E-state index contributed by atoms with van der Waals surface area (Å²) in [6.45, 7) is 7.39. The van der Waals surface area contributed by atoms with Crippen molar-refractivity contribution in [3.63, 3.8) is 0 Å². The molecule has 0 aliphatic heterocycles. The van der Waals surface area contributed by atoms with Crippen LogP contribution < -0.4 is 5.73 Å². The zero-order valence-corrected chi connectivity index (χ0v) is 8.80. The summed E-state index contributed by atoms with van der Waals surface area (Å²) in [5.41, 5.74) is 8.55. The van der Waals surface area contributed by atoms with E-state index in [2.05, 4.69) is 45.0 Å². The van der Waals surface area contributed by atoms with Crippen LogP contribution >= 0.6 is 0 Å². The zero-order chi connectivity index (χ0) is 9.90. The summed E-state index contributed by atoms with van der Waals surface area (Å²) in [7, 11) is 0. The molecule has 1 nitrogen and oxygen atoms in total. The summed E-state index contributed by atoms with van der Waals surface area (Å²) >= 11 is 0. The first-order chi connectivity index (χ1) is 6.01. The molecule has 72 valence electrons. The van der Waals surface area contributed by atoms with Crippen molar-refractivity contribution in [2.45, 2.75) is 33.7 Å². The van der Waals surface area contributed by atoms with Gasteiger partial charge in [-0.1, -0.05) is 45.0 Å². The van der Waals surface area contributed by atoms with Crippen molar-refractivity contribution in [3.8, 4) is 0 Å². The highest BCUT2D eigenvalue weighted by Crippen LogP contribution is 2.20. The molecule has 0 spiro atoms. The molecule has 0 saturated heterocycles. The Bertz CT molecular complexity index is 271. The Morgan fingerprint density at radius 2 is 1.77 bits per heavy atom. The lowest BCUT2D eigenvalue weighted by Crippen LogP contribution is -2.09. The summed E-state index contributed by atoms with van der Waals surface area (Å²) < 4.78 is 0. The number of benzene rings is 1. The van der Waals surface area contributed by atoms with Crippen LogP contribution in [0.5, 0.6) is 0 Å². The maximum Gasteiger partial charge on any atom is 0.0178 e. The highest BCUT2D eigenvalue weighted by Gasteiger charge is 2.10. The molecule has 0 atom stereocenters. The van der Waals surface area contributed by atoms with E-state index in [4.69, 9.17) is 5.73 Å². The van der Waals surface area contributed by atoms with Gasteiger partial charge < -0.3 is 5.73 Å². The fourth-order valence-electron chi connectivity index (χ4n) is 1.48. The molecule has 0 radical (unpaired) electrons. The Balaban J connectivity index is 2.78. The fraction of sp³-hybridized carbons (Fsp3) is 0.500. The second-order valence-electron chi connectivity index (χ2n) is 4.76. The van der Waals surface area contributed by atoms with Crippen LogP contribution in [0.25, 0.3) is 0 Å².